The van der Waals surface area contributed by atoms with Gasteiger partial charge in [0.25, 0.3) is 0 Å². The quantitative estimate of drug-likeness (QED) is 0.649. The molecular formula is C12H6Cl3F. The molecule has 0 radical (unpaired) electrons. The standard InChI is InChI=1S/C12H6Cl3F/c13-7-4-5-8(11(16)6-7)9-2-1-3-10(14)12(9)15/h1-6H. The second-order valence-electron chi connectivity index (χ2n) is 3.23. The Kier molecular flexibility index (Phi) is 3.38. The van der Waals surface area contributed by atoms with E-state index >= 15 is 0 Å². The van der Waals surface area contributed by atoms with Crippen molar-refractivity contribution in [2.75, 3.05) is 0 Å². The Morgan fingerprint density at radius 3 is 2.31 bits per heavy atom. The highest BCUT2D eigenvalue weighted by Gasteiger charge is 2.11. The van der Waals surface area contributed by atoms with Gasteiger partial charge < -0.3 is 0 Å². The average Bonchev–Trinajstić information content (AvgIpc) is 2.23. The van der Waals surface area contributed by atoms with Crippen molar-refractivity contribution in [3.63, 3.8) is 0 Å². The molecular weight excluding hydrogens is 269 g/mol. The van der Waals surface area contributed by atoms with Crippen molar-refractivity contribution in [2.45, 2.75) is 0 Å². The van der Waals surface area contributed by atoms with Crippen molar-refractivity contribution >= 4 is 34.8 Å². The summed E-state index contributed by atoms with van der Waals surface area (Å²) in [6.07, 6.45) is 0. The second kappa shape index (κ2) is 4.62. The summed E-state index contributed by atoms with van der Waals surface area (Å²) in [5.74, 6) is -0.420. The van der Waals surface area contributed by atoms with E-state index in [0.717, 1.165) is 0 Å². The van der Waals surface area contributed by atoms with Crippen LogP contribution in [0.4, 0.5) is 4.39 Å². The molecule has 0 spiro atoms. The molecule has 82 valence electrons. The van der Waals surface area contributed by atoms with Gasteiger partial charge in [0.1, 0.15) is 5.82 Å². The normalized spacial score (nSPS) is 10.5. The lowest BCUT2D eigenvalue weighted by Gasteiger charge is -2.07. The van der Waals surface area contributed by atoms with E-state index < -0.39 is 5.82 Å². The third-order valence-corrected chi connectivity index (χ3v) is 3.23. The second-order valence-corrected chi connectivity index (χ2v) is 4.45. The summed E-state index contributed by atoms with van der Waals surface area (Å²) in [5, 5.41) is 1.08. The Balaban J connectivity index is 2.63. The molecule has 0 heterocycles. The van der Waals surface area contributed by atoms with Gasteiger partial charge in [0.2, 0.25) is 0 Å². The maximum atomic E-state index is 13.7. The summed E-state index contributed by atoms with van der Waals surface area (Å²) in [7, 11) is 0. The molecule has 16 heavy (non-hydrogen) atoms. The van der Waals surface area contributed by atoms with Crippen molar-refractivity contribution in [1.29, 1.82) is 0 Å². The van der Waals surface area contributed by atoms with Crippen LogP contribution in [0.15, 0.2) is 36.4 Å². The first-order chi connectivity index (χ1) is 7.59. The first-order valence-electron chi connectivity index (χ1n) is 4.49. The summed E-state index contributed by atoms with van der Waals surface area (Å²) in [5.41, 5.74) is 0.945. The molecule has 0 aliphatic rings. The fraction of sp³-hybridized carbons (Fsp3) is 0. The van der Waals surface area contributed by atoms with Crippen LogP contribution < -0.4 is 0 Å². The molecule has 0 bridgehead atoms. The number of benzene rings is 2. The third-order valence-electron chi connectivity index (χ3n) is 2.17. The van der Waals surface area contributed by atoms with Crippen LogP contribution in [0.5, 0.6) is 0 Å². The molecule has 2 rings (SSSR count). The minimum Gasteiger partial charge on any atom is -0.206 e. The van der Waals surface area contributed by atoms with Crippen molar-refractivity contribution in [1.82, 2.24) is 0 Å². The maximum Gasteiger partial charge on any atom is 0.132 e. The summed E-state index contributed by atoms with van der Waals surface area (Å²) in [6, 6.07) is 9.51. The monoisotopic (exact) mass is 274 g/mol. The van der Waals surface area contributed by atoms with Crippen molar-refractivity contribution in [2.24, 2.45) is 0 Å². The first-order valence-corrected chi connectivity index (χ1v) is 5.62. The van der Waals surface area contributed by atoms with E-state index in [4.69, 9.17) is 34.8 Å². The maximum absolute atomic E-state index is 13.7. The lowest BCUT2D eigenvalue weighted by molar-refractivity contribution is 0.631. The lowest BCUT2D eigenvalue weighted by atomic mass is 10.1. The fourth-order valence-corrected chi connectivity index (χ4v) is 1.98. The Hall–Kier alpha value is -0.760. The molecule has 0 aliphatic heterocycles. The predicted molar refractivity (Wildman–Crippen MR) is 66.9 cm³/mol. The van der Waals surface area contributed by atoms with Gasteiger partial charge in [-0.2, -0.15) is 0 Å². The SMILES string of the molecule is Fc1cc(Cl)ccc1-c1cccc(Cl)c1Cl. The van der Waals surface area contributed by atoms with Gasteiger partial charge in [-0.25, -0.2) is 4.39 Å². The molecule has 2 aromatic rings. The third kappa shape index (κ3) is 2.17. The molecule has 0 fully saturated rings. The highest BCUT2D eigenvalue weighted by atomic mass is 35.5. The van der Waals surface area contributed by atoms with Crippen LogP contribution in [0.2, 0.25) is 15.1 Å². The van der Waals surface area contributed by atoms with Gasteiger partial charge in [0, 0.05) is 16.1 Å². The topological polar surface area (TPSA) is 0 Å². The van der Waals surface area contributed by atoms with Gasteiger partial charge in [-0.15, -0.1) is 0 Å². The van der Waals surface area contributed by atoms with Crippen LogP contribution in [0.3, 0.4) is 0 Å². The van der Waals surface area contributed by atoms with E-state index in [1.165, 1.54) is 6.07 Å². The highest BCUT2D eigenvalue weighted by molar-refractivity contribution is 6.43. The summed E-state index contributed by atoms with van der Waals surface area (Å²) >= 11 is 17.6. The van der Waals surface area contributed by atoms with Gasteiger partial charge in [-0.1, -0.05) is 46.9 Å². The van der Waals surface area contributed by atoms with Crippen LogP contribution >= 0.6 is 34.8 Å². The summed E-state index contributed by atoms with van der Waals surface area (Å²) in [4.78, 5) is 0. The Bertz CT molecular complexity index is 538. The highest BCUT2D eigenvalue weighted by Crippen LogP contribution is 2.35. The molecule has 0 amide bonds. The molecule has 4 heteroatoms. The molecule has 0 unspecified atom stereocenters. The van der Waals surface area contributed by atoms with Crippen LogP contribution in [-0.4, -0.2) is 0 Å². The number of hydrogen-bond acceptors (Lipinski definition) is 0. The van der Waals surface area contributed by atoms with E-state index in [1.54, 1.807) is 30.3 Å². The Morgan fingerprint density at radius 2 is 1.62 bits per heavy atom. The zero-order valence-corrected chi connectivity index (χ0v) is 10.2. The van der Waals surface area contributed by atoms with Crippen LogP contribution in [0.1, 0.15) is 0 Å². The van der Waals surface area contributed by atoms with Crippen LogP contribution in [-0.2, 0) is 0 Å². The Labute approximate surface area is 108 Å². The van der Waals surface area contributed by atoms with Gasteiger partial charge in [-0.05, 0) is 24.3 Å². The zero-order chi connectivity index (χ0) is 11.7. The van der Waals surface area contributed by atoms with Crippen molar-refractivity contribution < 1.29 is 4.39 Å². The molecule has 0 nitrogen and oxygen atoms in total. The first kappa shape index (κ1) is 11.7. The van der Waals surface area contributed by atoms with Gasteiger partial charge in [0.05, 0.1) is 10.0 Å². The molecule has 0 saturated heterocycles. The molecule has 0 aliphatic carbocycles. The molecule has 0 saturated carbocycles. The average molecular weight is 276 g/mol. The Morgan fingerprint density at radius 1 is 0.875 bits per heavy atom. The van der Waals surface area contributed by atoms with Crippen LogP contribution in [0.25, 0.3) is 11.1 Å². The molecule has 2 aromatic carbocycles. The lowest BCUT2D eigenvalue weighted by Crippen LogP contribution is -1.85. The van der Waals surface area contributed by atoms with Gasteiger partial charge >= 0.3 is 0 Å². The van der Waals surface area contributed by atoms with Crippen molar-refractivity contribution in [3.8, 4) is 11.1 Å². The van der Waals surface area contributed by atoms with Gasteiger partial charge in [-0.3, -0.25) is 0 Å². The number of rotatable bonds is 1. The van der Waals surface area contributed by atoms with Crippen molar-refractivity contribution in [3.05, 3.63) is 57.3 Å². The minimum atomic E-state index is -0.420. The summed E-state index contributed by atoms with van der Waals surface area (Å²) in [6.45, 7) is 0. The predicted octanol–water partition coefficient (Wildman–Crippen LogP) is 5.45. The minimum absolute atomic E-state index is 0.338. The van der Waals surface area contributed by atoms with Crippen LogP contribution in [0, 0.1) is 5.82 Å². The van der Waals surface area contributed by atoms with E-state index in [0.29, 0.717) is 26.2 Å². The molecule has 0 atom stereocenters. The number of halogens is 4. The zero-order valence-electron chi connectivity index (χ0n) is 7.98. The molecule has 0 aromatic heterocycles. The fourth-order valence-electron chi connectivity index (χ4n) is 1.42. The van der Waals surface area contributed by atoms with Gasteiger partial charge in [0.15, 0.2) is 0 Å². The largest absolute Gasteiger partial charge is 0.206 e. The molecule has 0 N–H and O–H groups in total. The summed E-state index contributed by atoms with van der Waals surface area (Å²) < 4.78 is 13.7. The van der Waals surface area contributed by atoms with E-state index in [2.05, 4.69) is 0 Å². The van der Waals surface area contributed by atoms with E-state index in [-0.39, 0.29) is 0 Å². The van der Waals surface area contributed by atoms with E-state index in [1.807, 2.05) is 0 Å². The number of hydrogen-bond donors (Lipinski definition) is 0. The van der Waals surface area contributed by atoms with E-state index in [9.17, 15) is 4.39 Å². The smallest absolute Gasteiger partial charge is 0.132 e.